The molecule has 3 rings (SSSR count). The van der Waals surface area contributed by atoms with Crippen molar-refractivity contribution < 1.29 is 33.3 Å². The van der Waals surface area contributed by atoms with E-state index in [0.717, 1.165) is 0 Å². The fraction of sp³-hybridized carbons (Fsp3) is 0.524. The van der Waals surface area contributed by atoms with E-state index in [1.54, 1.807) is 22.8 Å². The van der Waals surface area contributed by atoms with Crippen LogP contribution in [0.25, 0.3) is 11.0 Å². The third kappa shape index (κ3) is 5.13. The van der Waals surface area contributed by atoms with E-state index in [0.29, 0.717) is 22.0 Å². The Morgan fingerprint density at radius 3 is 2.38 bits per heavy atom. The minimum atomic E-state index is -1.03. The van der Waals surface area contributed by atoms with Crippen LogP contribution in [0.15, 0.2) is 18.2 Å². The van der Waals surface area contributed by atoms with Gasteiger partial charge in [-0.15, -0.1) is 0 Å². The number of fused-ring (bicyclic) bond motifs is 1. The molecule has 0 unspecified atom stereocenters. The second-order valence-corrected chi connectivity index (χ2v) is 8.13. The number of ether oxygens (including phenoxy) is 4. The van der Waals surface area contributed by atoms with E-state index in [4.69, 9.17) is 30.5 Å². The fourth-order valence-electron chi connectivity index (χ4n) is 3.60. The minimum absolute atomic E-state index is 0.0130. The number of imidazole rings is 1. The van der Waals surface area contributed by atoms with Crippen molar-refractivity contribution in [2.45, 2.75) is 65.2 Å². The number of benzene rings is 1. The predicted molar refractivity (Wildman–Crippen MR) is 115 cm³/mol. The van der Waals surface area contributed by atoms with Gasteiger partial charge in [0.15, 0.2) is 18.4 Å². The van der Waals surface area contributed by atoms with Crippen molar-refractivity contribution in [1.29, 1.82) is 0 Å². The van der Waals surface area contributed by atoms with Gasteiger partial charge in [-0.3, -0.25) is 19.0 Å². The lowest BCUT2D eigenvalue weighted by atomic mass is 10.1. The van der Waals surface area contributed by atoms with E-state index in [1.165, 1.54) is 20.8 Å². The highest BCUT2D eigenvalue weighted by Gasteiger charge is 2.51. The SMILES string of the molecule is CC(=O)OC[C@@H]1O[C@H](n2c(NC(C)C)nc3c(Cl)cccc32)[C@@H](OC(C)=O)[C@H]1OC(C)=O. The Balaban J connectivity index is 2.13. The number of hydrogen-bond donors (Lipinski definition) is 1. The first kappa shape index (κ1) is 23.8. The van der Waals surface area contributed by atoms with Gasteiger partial charge in [0, 0.05) is 26.8 Å². The monoisotopic (exact) mass is 467 g/mol. The van der Waals surface area contributed by atoms with E-state index < -0.39 is 42.4 Å². The Morgan fingerprint density at radius 1 is 1.12 bits per heavy atom. The zero-order chi connectivity index (χ0) is 23.6. The van der Waals surface area contributed by atoms with Crippen molar-refractivity contribution in [2.24, 2.45) is 0 Å². The molecule has 174 valence electrons. The number of carbonyl (C=O) groups is 3. The van der Waals surface area contributed by atoms with E-state index in [9.17, 15) is 14.4 Å². The number of para-hydroxylation sites is 1. The molecule has 0 saturated carbocycles. The molecule has 0 spiro atoms. The topological polar surface area (TPSA) is 118 Å². The number of rotatable bonds is 7. The number of nitrogens with zero attached hydrogens (tertiary/aromatic N) is 2. The lowest BCUT2D eigenvalue weighted by Gasteiger charge is -2.25. The van der Waals surface area contributed by atoms with Crippen LogP contribution < -0.4 is 5.32 Å². The number of aromatic nitrogens is 2. The molecule has 0 aliphatic carbocycles. The second kappa shape index (κ2) is 9.74. The summed E-state index contributed by atoms with van der Waals surface area (Å²) in [6.45, 7) is 7.43. The molecule has 1 aliphatic rings. The summed E-state index contributed by atoms with van der Waals surface area (Å²) in [6, 6.07) is 5.29. The summed E-state index contributed by atoms with van der Waals surface area (Å²) in [5.74, 6) is -1.28. The van der Waals surface area contributed by atoms with Gasteiger partial charge in [-0.05, 0) is 26.0 Å². The maximum absolute atomic E-state index is 11.9. The van der Waals surface area contributed by atoms with Gasteiger partial charge in [0.1, 0.15) is 18.2 Å². The number of hydrogen-bond acceptors (Lipinski definition) is 9. The zero-order valence-electron chi connectivity index (χ0n) is 18.5. The standard InChI is InChI=1S/C21H26ClN3O7/c1-10(2)23-21-24-17-14(22)7-6-8-15(17)25(21)20-19(31-13(5)28)18(30-12(4)27)16(32-20)9-29-11(3)26/h6-8,10,16,18-20H,9H2,1-5H3,(H,23,24)/t16-,18-,19-,20-/m0/s1. The maximum atomic E-state index is 11.9. The molecule has 0 bridgehead atoms. The average molecular weight is 468 g/mol. The van der Waals surface area contributed by atoms with Gasteiger partial charge in [-0.2, -0.15) is 0 Å². The third-order valence-corrected chi connectivity index (χ3v) is 4.99. The lowest BCUT2D eigenvalue weighted by Crippen LogP contribution is -2.40. The van der Waals surface area contributed by atoms with Gasteiger partial charge in [0.05, 0.1) is 10.5 Å². The van der Waals surface area contributed by atoms with E-state index in [-0.39, 0.29) is 12.6 Å². The highest BCUT2D eigenvalue weighted by Crippen LogP contribution is 2.39. The largest absolute Gasteiger partial charge is 0.463 e. The summed E-state index contributed by atoms with van der Waals surface area (Å²) in [4.78, 5) is 39.7. The number of halogens is 1. The van der Waals surface area contributed by atoms with Crippen molar-refractivity contribution in [3.8, 4) is 0 Å². The van der Waals surface area contributed by atoms with Crippen LogP contribution in [0.3, 0.4) is 0 Å². The average Bonchev–Trinajstić information content (AvgIpc) is 3.18. The van der Waals surface area contributed by atoms with Gasteiger partial charge in [-0.25, -0.2) is 4.98 Å². The van der Waals surface area contributed by atoms with Crippen molar-refractivity contribution in [1.82, 2.24) is 9.55 Å². The first-order valence-electron chi connectivity index (χ1n) is 10.1. The first-order chi connectivity index (χ1) is 15.1. The van der Waals surface area contributed by atoms with Crippen molar-refractivity contribution >= 4 is 46.5 Å². The smallest absolute Gasteiger partial charge is 0.303 e. The Bertz CT molecular complexity index is 1020. The molecule has 2 aromatic rings. The summed E-state index contributed by atoms with van der Waals surface area (Å²) in [5, 5.41) is 3.67. The first-order valence-corrected chi connectivity index (χ1v) is 10.5. The molecule has 10 nitrogen and oxygen atoms in total. The zero-order valence-corrected chi connectivity index (χ0v) is 19.2. The Morgan fingerprint density at radius 2 is 1.78 bits per heavy atom. The molecule has 1 aliphatic heterocycles. The van der Waals surface area contributed by atoms with Crippen LogP contribution in [0.2, 0.25) is 5.02 Å². The lowest BCUT2D eigenvalue weighted by molar-refractivity contribution is -0.166. The Kier molecular flexibility index (Phi) is 7.25. The third-order valence-electron chi connectivity index (χ3n) is 4.68. The van der Waals surface area contributed by atoms with Gasteiger partial charge >= 0.3 is 17.9 Å². The Labute approximate surface area is 190 Å². The van der Waals surface area contributed by atoms with Gasteiger partial charge in [-0.1, -0.05) is 17.7 Å². The molecular formula is C21H26ClN3O7. The molecule has 1 aromatic carbocycles. The molecule has 0 amide bonds. The summed E-state index contributed by atoms with van der Waals surface area (Å²) in [7, 11) is 0. The van der Waals surface area contributed by atoms with Crippen LogP contribution in [-0.4, -0.2) is 58.4 Å². The molecule has 32 heavy (non-hydrogen) atoms. The molecule has 1 saturated heterocycles. The molecule has 0 radical (unpaired) electrons. The van der Waals surface area contributed by atoms with Crippen molar-refractivity contribution in [3.63, 3.8) is 0 Å². The molecular weight excluding hydrogens is 442 g/mol. The number of nitrogens with one attached hydrogen (secondary N) is 1. The van der Waals surface area contributed by atoms with Crippen LogP contribution in [0.4, 0.5) is 5.95 Å². The van der Waals surface area contributed by atoms with Gasteiger partial charge in [0.2, 0.25) is 5.95 Å². The number of esters is 3. The molecule has 1 aromatic heterocycles. The number of carbonyl (C=O) groups excluding carboxylic acids is 3. The van der Waals surface area contributed by atoms with Crippen LogP contribution >= 0.6 is 11.6 Å². The van der Waals surface area contributed by atoms with Crippen LogP contribution in [0.1, 0.15) is 40.8 Å². The predicted octanol–water partition coefficient (Wildman–Crippen LogP) is 2.83. The highest BCUT2D eigenvalue weighted by molar-refractivity contribution is 6.35. The molecule has 2 heterocycles. The normalized spacial score (nSPS) is 22.7. The quantitative estimate of drug-likeness (QED) is 0.484. The fourth-order valence-corrected chi connectivity index (χ4v) is 3.81. The summed E-state index contributed by atoms with van der Waals surface area (Å²) in [5.41, 5.74) is 1.15. The van der Waals surface area contributed by atoms with Crippen molar-refractivity contribution in [2.75, 3.05) is 11.9 Å². The Hall–Kier alpha value is -2.85. The maximum Gasteiger partial charge on any atom is 0.303 e. The van der Waals surface area contributed by atoms with Crippen LogP contribution in [0, 0.1) is 0 Å². The molecule has 4 atom stereocenters. The van der Waals surface area contributed by atoms with Crippen LogP contribution in [-0.2, 0) is 33.3 Å². The minimum Gasteiger partial charge on any atom is -0.463 e. The van der Waals surface area contributed by atoms with E-state index in [2.05, 4.69) is 10.3 Å². The second-order valence-electron chi connectivity index (χ2n) is 7.73. The summed E-state index contributed by atoms with van der Waals surface area (Å²) in [6.07, 6.45) is -3.85. The van der Waals surface area contributed by atoms with Crippen LogP contribution in [0.5, 0.6) is 0 Å². The summed E-state index contributed by atoms with van der Waals surface area (Å²) >= 11 is 6.36. The van der Waals surface area contributed by atoms with Crippen molar-refractivity contribution in [3.05, 3.63) is 23.2 Å². The van der Waals surface area contributed by atoms with Gasteiger partial charge in [0.25, 0.3) is 0 Å². The molecule has 1 N–H and O–H groups in total. The van der Waals surface area contributed by atoms with E-state index in [1.807, 2.05) is 13.8 Å². The van der Waals surface area contributed by atoms with E-state index >= 15 is 0 Å². The number of anilines is 1. The summed E-state index contributed by atoms with van der Waals surface area (Å²) < 4.78 is 24.0. The van der Waals surface area contributed by atoms with Gasteiger partial charge < -0.3 is 24.3 Å². The molecule has 1 fully saturated rings. The highest BCUT2D eigenvalue weighted by atomic mass is 35.5. The molecule has 11 heteroatoms.